The maximum Gasteiger partial charge on any atom is 0.331 e. The first-order valence-electron chi connectivity index (χ1n) is 10.4. The van der Waals surface area contributed by atoms with E-state index in [9.17, 15) is 9.59 Å². The maximum absolute atomic E-state index is 13.3. The highest BCUT2D eigenvalue weighted by Gasteiger charge is 2.40. The second kappa shape index (κ2) is 9.49. The van der Waals surface area contributed by atoms with E-state index >= 15 is 0 Å². The fourth-order valence-corrected chi connectivity index (χ4v) is 3.92. The highest BCUT2D eigenvalue weighted by atomic mass is 35.5. The summed E-state index contributed by atoms with van der Waals surface area (Å²) in [5.74, 6) is 0.845. The van der Waals surface area contributed by atoms with Crippen molar-refractivity contribution in [2.45, 2.75) is 19.8 Å². The third-order valence-electron chi connectivity index (χ3n) is 5.13. The average Bonchev–Trinajstić information content (AvgIpc) is 3.22. The molecular weight excluding hydrogens is 420 g/mol. The fraction of sp³-hybridized carbons (Fsp3) is 0.429. The fourth-order valence-electron chi connectivity index (χ4n) is 3.71. The second-order valence-electron chi connectivity index (χ2n) is 7.22. The Bertz CT molecular complexity index is 1000. The van der Waals surface area contributed by atoms with Crippen LogP contribution in [0.15, 0.2) is 35.5 Å². The van der Waals surface area contributed by atoms with Crippen LogP contribution in [0.3, 0.4) is 0 Å². The number of carbonyl (C=O) groups excluding carboxylic acids is 2. The molecule has 0 unspecified atom stereocenters. The van der Waals surface area contributed by atoms with Gasteiger partial charge >= 0.3 is 6.03 Å². The van der Waals surface area contributed by atoms with Gasteiger partial charge < -0.3 is 10.1 Å². The first-order chi connectivity index (χ1) is 15.1. The van der Waals surface area contributed by atoms with Gasteiger partial charge in [0.2, 0.25) is 5.91 Å². The summed E-state index contributed by atoms with van der Waals surface area (Å²) in [6, 6.07) is 6.97. The Morgan fingerprint density at radius 2 is 2.16 bits per heavy atom. The molecule has 9 nitrogen and oxygen atoms in total. The second-order valence-corrected chi connectivity index (χ2v) is 7.63. The summed E-state index contributed by atoms with van der Waals surface area (Å²) in [4.78, 5) is 33.6. The highest BCUT2D eigenvalue weighted by Crippen LogP contribution is 2.34. The van der Waals surface area contributed by atoms with Gasteiger partial charge in [0.05, 0.1) is 22.5 Å². The van der Waals surface area contributed by atoms with Crippen LogP contribution in [0.5, 0.6) is 0 Å². The molecule has 31 heavy (non-hydrogen) atoms. The number of hydrogen-bond acceptors (Lipinski definition) is 5. The van der Waals surface area contributed by atoms with Crippen molar-refractivity contribution in [1.82, 2.24) is 20.0 Å². The Labute approximate surface area is 185 Å². The van der Waals surface area contributed by atoms with Crippen LogP contribution in [0, 0.1) is 0 Å². The maximum atomic E-state index is 13.3. The van der Waals surface area contributed by atoms with Crippen LogP contribution < -0.4 is 10.2 Å². The van der Waals surface area contributed by atoms with Crippen molar-refractivity contribution in [2.75, 3.05) is 44.3 Å². The summed E-state index contributed by atoms with van der Waals surface area (Å²) in [5.41, 5.74) is 1.34. The number of aliphatic imine (C=N–C) groups is 1. The molecule has 0 fully saturated rings. The average molecular weight is 445 g/mol. The molecule has 164 valence electrons. The number of aromatic nitrogens is 2. The summed E-state index contributed by atoms with van der Waals surface area (Å²) >= 11 is 6.40. The number of rotatable bonds is 8. The number of para-hydroxylation sites is 1. The van der Waals surface area contributed by atoms with Gasteiger partial charge in [-0.2, -0.15) is 5.10 Å². The number of fused-ring (bicyclic) bond motifs is 3. The lowest BCUT2D eigenvalue weighted by molar-refractivity contribution is -0.119. The van der Waals surface area contributed by atoms with E-state index in [1.165, 1.54) is 4.90 Å². The van der Waals surface area contributed by atoms with Crippen molar-refractivity contribution in [3.63, 3.8) is 0 Å². The van der Waals surface area contributed by atoms with Gasteiger partial charge in [0, 0.05) is 32.8 Å². The minimum Gasteiger partial charge on any atom is -0.382 e. The van der Waals surface area contributed by atoms with Crippen LogP contribution in [-0.2, 0) is 9.53 Å². The van der Waals surface area contributed by atoms with Crippen LogP contribution in [0.2, 0.25) is 5.02 Å². The molecule has 0 radical (unpaired) electrons. The normalized spacial score (nSPS) is 15.4. The van der Waals surface area contributed by atoms with Crippen LogP contribution in [0.4, 0.5) is 10.6 Å². The van der Waals surface area contributed by atoms with Crippen molar-refractivity contribution < 1.29 is 14.3 Å². The molecule has 3 heterocycles. The van der Waals surface area contributed by atoms with Crippen molar-refractivity contribution in [3.05, 3.63) is 41.0 Å². The predicted octanol–water partition coefficient (Wildman–Crippen LogP) is 2.46. The minimum absolute atomic E-state index is 0.125. The molecule has 3 amide bonds. The van der Waals surface area contributed by atoms with Gasteiger partial charge in [0.15, 0.2) is 5.82 Å². The highest BCUT2D eigenvalue weighted by molar-refractivity contribution is 6.32. The molecule has 1 aromatic heterocycles. The zero-order valence-corrected chi connectivity index (χ0v) is 18.1. The number of halogens is 1. The van der Waals surface area contributed by atoms with Crippen LogP contribution in [0.1, 0.15) is 25.3 Å². The number of nitrogens with zero attached hydrogens (tertiary/aromatic N) is 5. The van der Waals surface area contributed by atoms with Gasteiger partial charge in [0.1, 0.15) is 12.4 Å². The van der Waals surface area contributed by atoms with Crippen molar-refractivity contribution in [3.8, 4) is 5.69 Å². The van der Waals surface area contributed by atoms with Crippen LogP contribution in [-0.4, -0.2) is 71.8 Å². The number of hydrogen-bond donors (Lipinski definition) is 1. The quantitative estimate of drug-likeness (QED) is 0.633. The number of amidine groups is 1. The Hall–Kier alpha value is -2.91. The summed E-state index contributed by atoms with van der Waals surface area (Å²) in [6.45, 7) is 4.71. The predicted molar refractivity (Wildman–Crippen MR) is 118 cm³/mol. The standard InChI is InChI=1S/C21H25ClN6O3/c1-2-31-12-6-10-23-18(29)14-27-20-15(19-24-9-5-11-26(19)21(27)30)13-25-28(20)17-8-4-3-7-16(17)22/h3-4,7-8,13H,2,5-6,9-12,14H2,1H3,(H,23,29). The molecule has 0 spiro atoms. The van der Waals surface area contributed by atoms with E-state index in [2.05, 4.69) is 15.4 Å². The van der Waals surface area contributed by atoms with E-state index in [0.717, 1.165) is 6.42 Å². The zero-order chi connectivity index (χ0) is 21.8. The van der Waals surface area contributed by atoms with Crippen LogP contribution in [0.25, 0.3) is 5.69 Å². The number of ether oxygens (including phenoxy) is 1. The third kappa shape index (κ3) is 4.28. The summed E-state index contributed by atoms with van der Waals surface area (Å²) in [5, 5.41) is 7.84. The van der Waals surface area contributed by atoms with E-state index in [1.807, 2.05) is 25.1 Å². The zero-order valence-electron chi connectivity index (χ0n) is 17.4. The Kier molecular flexibility index (Phi) is 6.53. The first kappa shape index (κ1) is 21.3. The molecule has 0 atom stereocenters. The summed E-state index contributed by atoms with van der Waals surface area (Å²) in [7, 11) is 0. The van der Waals surface area contributed by atoms with E-state index in [0.29, 0.717) is 67.2 Å². The Balaban J connectivity index is 1.65. The molecule has 0 aliphatic carbocycles. The van der Waals surface area contributed by atoms with Crippen molar-refractivity contribution in [1.29, 1.82) is 0 Å². The monoisotopic (exact) mass is 444 g/mol. The molecule has 10 heteroatoms. The number of carbonyl (C=O) groups is 2. The number of urea groups is 1. The molecule has 0 saturated carbocycles. The smallest absolute Gasteiger partial charge is 0.331 e. The number of benzene rings is 1. The lowest BCUT2D eigenvalue weighted by Crippen LogP contribution is -2.55. The molecule has 4 rings (SSSR count). The largest absolute Gasteiger partial charge is 0.382 e. The van der Waals surface area contributed by atoms with E-state index in [1.54, 1.807) is 21.8 Å². The molecule has 0 saturated heterocycles. The van der Waals surface area contributed by atoms with E-state index in [4.69, 9.17) is 16.3 Å². The number of amides is 3. The number of nitrogens with one attached hydrogen (secondary N) is 1. The molecular formula is C21H25ClN6O3. The van der Waals surface area contributed by atoms with Gasteiger partial charge in [-0.1, -0.05) is 23.7 Å². The van der Waals surface area contributed by atoms with E-state index in [-0.39, 0.29) is 18.5 Å². The lowest BCUT2D eigenvalue weighted by atomic mass is 10.1. The van der Waals surface area contributed by atoms with Gasteiger partial charge in [-0.15, -0.1) is 0 Å². The topological polar surface area (TPSA) is 92.1 Å². The lowest BCUT2D eigenvalue weighted by Gasteiger charge is -2.37. The SMILES string of the molecule is CCOCCCNC(=O)CN1C(=O)N2CCCN=C2c2cnn(-c3ccccc3Cl)c21. The number of anilines is 1. The molecule has 2 aliphatic heterocycles. The molecule has 2 aliphatic rings. The Morgan fingerprint density at radius 1 is 1.32 bits per heavy atom. The molecule has 2 aromatic rings. The van der Waals surface area contributed by atoms with Gasteiger partial charge in [-0.25, -0.2) is 9.48 Å². The molecule has 0 bridgehead atoms. The molecule has 1 aromatic carbocycles. The van der Waals surface area contributed by atoms with Gasteiger partial charge in [-0.3, -0.25) is 19.6 Å². The summed E-state index contributed by atoms with van der Waals surface area (Å²) < 4.78 is 6.90. The molecule has 1 N–H and O–H groups in total. The van der Waals surface area contributed by atoms with E-state index < -0.39 is 0 Å². The van der Waals surface area contributed by atoms with Gasteiger partial charge in [-0.05, 0) is 31.9 Å². The first-order valence-corrected chi connectivity index (χ1v) is 10.8. The Morgan fingerprint density at radius 3 is 2.97 bits per heavy atom. The third-order valence-corrected chi connectivity index (χ3v) is 5.45. The van der Waals surface area contributed by atoms with Crippen molar-refractivity contribution >= 4 is 35.2 Å². The van der Waals surface area contributed by atoms with Crippen molar-refractivity contribution in [2.24, 2.45) is 4.99 Å². The minimum atomic E-state index is -0.288. The summed E-state index contributed by atoms with van der Waals surface area (Å²) in [6.07, 6.45) is 3.16. The van der Waals surface area contributed by atoms with Gasteiger partial charge in [0.25, 0.3) is 0 Å². The van der Waals surface area contributed by atoms with Crippen LogP contribution >= 0.6 is 11.6 Å².